The van der Waals surface area contributed by atoms with Crippen LogP contribution in [0.4, 0.5) is 11.5 Å². The summed E-state index contributed by atoms with van der Waals surface area (Å²) in [5.41, 5.74) is 11.6. The highest BCUT2D eigenvalue weighted by molar-refractivity contribution is 14.2. The smallest absolute Gasteiger partial charge is 0.338 e. The summed E-state index contributed by atoms with van der Waals surface area (Å²) in [6.07, 6.45) is 5.36. The third-order valence-electron chi connectivity index (χ3n) is 7.09. The maximum absolute atomic E-state index is 13.7. The molecule has 0 aliphatic carbocycles. The number of anilines is 2. The maximum atomic E-state index is 13.7. The van der Waals surface area contributed by atoms with Gasteiger partial charge in [0.15, 0.2) is 17.0 Å². The highest BCUT2D eigenvalue weighted by Crippen LogP contribution is 2.28. The Bertz CT molecular complexity index is 2030. The minimum atomic E-state index is -0.350. The van der Waals surface area contributed by atoms with Crippen LogP contribution < -0.4 is 16.6 Å². The molecule has 3 N–H and O–H groups in total. The number of para-hydroxylation sites is 1. The number of ether oxygens (including phenoxy) is 1. The first-order valence-electron chi connectivity index (χ1n) is 14.2. The number of aryl methyl sites for hydroxylation is 2. The number of methoxy groups -OCH3 is 1. The van der Waals surface area contributed by atoms with E-state index >= 15 is 0 Å². The summed E-state index contributed by atoms with van der Waals surface area (Å²) in [4.78, 5) is 42.4. The minimum absolute atomic E-state index is 0.0880. The molecule has 0 aliphatic rings. The summed E-state index contributed by atoms with van der Waals surface area (Å²) in [6.45, 7) is 4.46. The molecule has 6 rings (SSSR count). The fourth-order valence-electron chi connectivity index (χ4n) is 4.94. The van der Waals surface area contributed by atoms with Gasteiger partial charge in [0.25, 0.3) is 5.56 Å². The lowest BCUT2D eigenvalue weighted by Gasteiger charge is -2.16. The van der Waals surface area contributed by atoms with Gasteiger partial charge in [-0.3, -0.25) is 13.7 Å². The Morgan fingerprint density at radius 2 is 1.87 bits per heavy atom. The number of nitrogens with zero attached hydrogens (tertiary/aromatic N) is 6. The average molecular weight is 735 g/mol. The van der Waals surface area contributed by atoms with Crippen LogP contribution in [0.15, 0.2) is 84.2 Å². The minimum Gasteiger partial charge on any atom is -0.465 e. The van der Waals surface area contributed by atoms with Gasteiger partial charge in [0, 0.05) is 18.7 Å². The lowest BCUT2D eigenvalue weighted by atomic mass is 10.0. The number of halogens is 1. The van der Waals surface area contributed by atoms with Crippen molar-refractivity contribution in [3.8, 4) is 5.69 Å². The molecule has 1 unspecified atom stereocenters. The Morgan fingerprint density at radius 3 is 2.58 bits per heavy atom. The zero-order valence-electron chi connectivity index (χ0n) is 25.0. The fourth-order valence-corrected chi connectivity index (χ4v) is 6.35. The second kappa shape index (κ2) is 14.6. The molecular weight excluding hydrogens is 702 g/mol. The van der Waals surface area contributed by atoms with Crippen molar-refractivity contribution in [2.45, 2.75) is 33.2 Å². The molecule has 0 saturated heterocycles. The number of hydrogen-bond acceptors (Lipinski definition) is 9. The first kappa shape index (κ1) is 32.0. The molecule has 0 bridgehead atoms. The van der Waals surface area contributed by atoms with E-state index in [-0.39, 0.29) is 11.5 Å². The summed E-state index contributed by atoms with van der Waals surface area (Å²) >= 11 is 2.26. The number of carbonyl (C=O) groups is 1. The number of imidazole rings is 1. The summed E-state index contributed by atoms with van der Waals surface area (Å²) in [6, 6.07) is 20.9. The van der Waals surface area contributed by atoms with Gasteiger partial charge < -0.3 is 15.8 Å². The van der Waals surface area contributed by atoms with Gasteiger partial charge in [-0.25, -0.2) is 24.7 Å². The van der Waals surface area contributed by atoms with E-state index in [0.29, 0.717) is 47.1 Å². The summed E-state index contributed by atoms with van der Waals surface area (Å²) in [7, 11) is 1.37. The van der Waals surface area contributed by atoms with Crippen LogP contribution in [0.3, 0.4) is 0 Å². The molecule has 230 valence electrons. The number of nitrogens with one attached hydrogen (secondary N) is 1. The van der Waals surface area contributed by atoms with E-state index in [2.05, 4.69) is 49.2 Å². The predicted molar refractivity (Wildman–Crippen MR) is 189 cm³/mol. The highest BCUT2D eigenvalue weighted by atomic mass is 127. The normalized spacial score (nSPS) is 11.1. The maximum Gasteiger partial charge on any atom is 0.338 e. The molecule has 0 aliphatic heterocycles. The molecule has 6 aromatic rings. The van der Waals surface area contributed by atoms with Gasteiger partial charge in [-0.1, -0.05) is 43.3 Å². The second-order valence-corrected chi connectivity index (χ2v) is 12.2. The number of fused-ring (bicyclic) bond motifs is 2. The molecule has 13 heteroatoms. The van der Waals surface area contributed by atoms with Crippen LogP contribution in [-0.4, -0.2) is 41.9 Å². The molecule has 3 heterocycles. The summed E-state index contributed by atoms with van der Waals surface area (Å²) in [5, 5.41) is 3.95. The highest BCUT2D eigenvalue weighted by Gasteiger charge is 2.16. The lowest BCUT2D eigenvalue weighted by molar-refractivity contribution is 0.0600. The van der Waals surface area contributed by atoms with Gasteiger partial charge in [-0.05, 0) is 76.8 Å². The van der Waals surface area contributed by atoms with E-state index in [1.807, 2.05) is 71.9 Å². The largest absolute Gasteiger partial charge is 0.465 e. The number of nitrogens with two attached hydrogens (primary N) is 1. The van der Waals surface area contributed by atoms with Gasteiger partial charge in [0.1, 0.15) is 18.5 Å². The number of rotatable bonds is 8. The molecule has 0 fully saturated rings. The Balaban J connectivity index is 0.000000277. The topological polar surface area (TPSA) is 143 Å². The fraction of sp³-hybridized carbons (Fsp3) is 0.188. The number of aromatic nitrogens is 6. The third-order valence-corrected chi connectivity index (χ3v) is 9.16. The van der Waals surface area contributed by atoms with Crippen molar-refractivity contribution in [3.63, 3.8) is 0 Å². The lowest BCUT2D eigenvalue weighted by Crippen LogP contribution is -2.24. The van der Waals surface area contributed by atoms with Gasteiger partial charge in [-0.2, -0.15) is 0 Å². The molecule has 0 saturated carbocycles. The van der Waals surface area contributed by atoms with Crippen LogP contribution in [0.5, 0.6) is 0 Å². The Labute approximate surface area is 274 Å². The van der Waals surface area contributed by atoms with Crippen LogP contribution in [0.1, 0.15) is 40.7 Å². The Morgan fingerprint density at radius 1 is 1.07 bits per heavy atom. The first-order chi connectivity index (χ1) is 21.9. The number of esters is 1. The van der Waals surface area contributed by atoms with Crippen LogP contribution in [0.2, 0.25) is 0 Å². The molecule has 0 spiro atoms. The number of carbonyl (C=O) groups excluding carboxylic acids is 1. The third kappa shape index (κ3) is 6.97. The van der Waals surface area contributed by atoms with E-state index in [1.54, 1.807) is 17.0 Å². The van der Waals surface area contributed by atoms with Gasteiger partial charge in [-0.15, -0.1) is 0 Å². The quantitative estimate of drug-likeness (QED) is 0.106. The van der Waals surface area contributed by atoms with Crippen molar-refractivity contribution < 1.29 is 9.53 Å². The monoisotopic (exact) mass is 734 g/mol. The van der Waals surface area contributed by atoms with Crippen molar-refractivity contribution in [2.75, 3.05) is 18.2 Å². The van der Waals surface area contributed by atoms with E-state index in [0.717, 1.165) is 40.4 Å². The van der Waals surface area contributed by atoms with Crippen LogP contribution in [-0.2, 0) is 17.7 Å². The van der Waals surface area contributed by atoms with Gasteiger partial charge in [0.2, 0.25) is 0 Å². The molecule has 45 heavy (non-hydrogen) atoms. The average Bonchev–Trinajstić information content (AvgIpc) is 3.49. The summed E-state index contributed by atoms with van der Waals surface area (Å²) in [5.74, 6) is 0.845. The molecule has 0 amide bonds. The van der Waals surface area contributed by atoms with Crippen LogP contribution in [0.25, 0.3) is 27.8 Å². The van der Waals surface area contributed by atoms with Gasteiger partial charge >= 0.3 is 5.97 Å². The summed E-state index contributed by atoms with van der Waals surface area (Å²) < 4.78 is 8.48. The van der Waals surface area contributed by atoms with E-state index in [4.69, 9.17) is 15.5 Å². The molecule has 3 aromatic heterocycles. The van der Waals surface area contributed by atoms with Crippen molar-refractivity contribution in [2.24, 2.45) is 0 Å². The number of benzene rings is 3. The first-order valence-corrected chi connectivity index (χ1v) is 18.2. The molecule has 3 aromatic carbocycles. The van der Waals surface area contributed by atoms with Crippen molar-refractivity contribution >= 4 is 68.0 Å². The van der Waals surface area contributed by atoms with E-state index in [1.165, 1.54) is 13.4 Å². The van der Waals surface area contributed by atoms with Crippen molar-refractivity contribution in [1.82, 2.24) is 28.8 Å². The SMILES string of the molecule is CCCc1nc2cccc(NCc3ccc(C(=O)OC)c(C)c3)c2c(=O)n1-c1ccccc1.Nc1ncnc2c1ncn2PI. The standard InChI is InChI=1S/C27H27N3O3.C5H5IN5P/c1-4-9-24-29-23-13-8-12-22(25(23)26(31)30(24)20-10-6-5-7-11-20)28-17-19-14-15-21(18(2)16-19)27(32)33-3;6-12-11-2-10-3-4(7)8-1-9-5(3)11/h5-8,10-16,28H,4,9,17H2,1-3H3;1-2,12H,(H2,7,8,9). The van der Waals surface area contributed by atoms with Crippen molar-refractivity contribution in [3.05, 3.63) is 112 Å². The zero-order chi connectivity index (χ0) is 31.9. The van der Waals surface area contributed by atoms with Crippen molar-refractivity contribution in [1.29, 1.82) is 0 Å². The number of hydrogen-bond donors (Lipinski definition) is 2. The van der Waals surface area contributed by atoms with Crippen LogP contribution in [0, 0.1) is 6.92 Å². The Hall–Kier alpha value is -4.42. The molecular formula is C32H32IN8O3P. The molecule has 1 atom stereocenters. The number of nitrogen functional groups attached to an aromatic ring is 1. The molecule has 0 radical (unpaired) electrons. The van der Waals surface area contributed by atoms with E-state index < -0.39 is 0 Å². The van der Waals surface area contributed by atoms with E-state index in [9.17, 15) is 9.59 Å². The second-order valence-electron chi connectivity index (χ2n) is 10.1. The predicted octanol–water partition coefficient (Wildman–Crippen LogP) is 6.25. The van der Waals surface area contributed by atoms with Gasteiger partial charge in [0.05, 0.1) is 35.6 Å². The zero-order valence-corrected chi connectivity index (χ0v) is 28.1. The molecule has 11 nitrogen and oxygen atoms in total. The van der Waals surface area contributed by atoms with Crippen LogP contribution >= 0.6 is 28.4 Å². The Kier molecular flexibility index (Phi) is 10.4.